The van der Waals surface area contributed by atoms with Crippen molar-refractivity contribution in [3.63, 3.8) is 0 Å². The number of hydrogen-bond acceptors (Lipinski definition) is 6. The zero-order valence-electron chi connectivity index (χ0n) is 17.4. The van der Waals surface area contributed by atoms with Crippen LogP contribution in [-0.4, -0.2) is 63.7 Å². The molecule has 2 amide bonds. The van der Waals surface area contributed by atoms with Crippen molar-refractivity contribution in [3.05, 3.63) is 62.5 Å². The van der Waals surface area contributed by atoms with E-state index >= 15 is 0 Å². The Morgan fingerprint density at radius 3 is 2.66 bits per heavy atom. The number of carbonyl (C=O) groups is 2. The van der Waals surface area contributed by atoms with Gasteiger partial charge in [0.15, 0.2) is 4.96 Å². The average Bonchev–Trinajstić information content (AvgIpc) is 3.43. The van der Waals surface area contributed by atoms with Crippen molar-refractivity contribution in [2.75, 3.05) is 37.6 Å². The van der Waals surface area contributed by atoms with Crippen LogP contribution in [0.4, 0.5) is 5.69 Å². The third-order valence-corrected chi connectivity index (χ3v) is 7.03. The highest BCUT2D eigenvalue weighted by Crippen LogP contribution is 2.31. The SMILES string of the molecule is O=C(c1ccc(Cl)c(N2CCCC2=O)c1)N1CCN(Cc2cc(=O)n3ccsc3n2)CC1. The van der Waals surface area contributed by atoms with Crippen LogP contribution in [0.1, 0.15) is 28.9 Å². The van der Waals surface area contributed by atoms with E-state index in [1.165, 1.54) is 11.3 Å². The molecule has 0 atom stereocenters. The van der Waals surface area contributed by atoms with Crippen LogP contribution in [0.25, 0.3) is 4.96 Å². The summed E-state index contributed by atoms with van der Waals surface area (Å²) in [4.78, 5) is 48.3. The monoisotopic (exact) mass is 471 g/mol. The Hall–Kier alpha value is -2.75. The van der Waals surface area contributed by atoms with Crippen LogP contribution in [0.5, 0.6) is 0 Å². The molecule has 8 nitrogen and oxygen atoms in total. The topological polar surface area (TPSA) is 78.2 Å². The first-order valence-electron chi connectivity index (χ1n) is 10.6. The molecular weight excluding hydrogens is 450 g/mol. The van der Waals surface area contributed by atoms with E-state index in [0.717, 1.165) is 12.1 Å². The molecule has 0 bridgehead atoms. The van der Waals surface area contributed by atoms with E-state index in [0.29, 0.717) is 66.9 Å². The lowest BCUT2D eigenvalue weighted by atomic mass is 10.1. The van der Waals surface area contributed by atoms with Gasteiger partial charge in [0, 0.05) is 68.9 Å². The van der Waals surface area contributed by atoms with Crippen LogP contribution in [0.15, 0.2) is 40.6 Å². The Morgan fingerprint density at radius 1 is 1.09 bits per heavy atom. The summed E-state index contributed by atoms with van der Waals surface area (Å²) in [5.41, 5.74) is 1.82. The third-order valence-electron chi connectivity index (χ3n) is 5.96. The summed E-state index contributed by atoms with van der Waals surface area (Å²) in [6.45, 7) is 3.77. The highest BCUT2D eigenvalue weighted by Gasteiger charge is 2.27. The zero-order chi connectivity index (χ0) is 22.2. The van der Waals surface area contributed by atoms with E-state index in [1.54, 1.807) is 39.8 Å². The first kappa shape index (κ1) is 21.1. The fourth-order valence-electron chi connectivity index (χ4n) is 4.24. The Balaban J connectivity index is 1.24. The Labute approximate surface area is 193 Å². The molecule has 0 saturated carbocycles. The van der Waals surface area contributed by atoms with Crippen LogP contribution in [0, 0.1) is 0 Å². The number of rotatable bonds is 4. The maximum absolute atomic E-state index is 13.1. The molecule has 2 aliphatic rings. The Bertz CT molecular complexity index is 1250. The second-order valence-electron chi connectivity index (χ2n) is 8.02. The lowest BCUT2D eigenvalue weighted by Crippen LogP contribution is -2.48. The molecule has 2 fully saturated rings. The van der Waals surface area contributed by atoms with Gasteiger partial charge in [-0.3, -0.25) is 23.7 Å². The second-order valence-corrected chi connectivity index (χ2v) is 9.30. The molecule has 2 saturated heterocycles. The molecular formula is C22H22ClN5O3S. The summed E-state index contributed by atoms with van der Waals surface area (Å²) in [5.74, 6) is -0.0234. The minimum absolute atomic E-state index is 0.0408. The van der Waals surface area contributed by atoms with E-state index in [-0.39, 0.29) is 17.4 Å². The van der Waals surface area contributed by atoms with Crippen molar-refractivity contribution in [3.8, 4) is 0 Å². The molecule has 5 rings (SSSR count). The molecule has 4 heterocycles. The molecule has 0 N–H and O–H groups in total. The summed E-state index contributed by atoms with van der Waals surface area (Å²) < 4.78 is 1.54. The van der Waals surface area contributed by atoms with Crippen LogP contribution >= 0.6 is 22.9 Å². The summed E-state index contributed by atoms with van der Waals surface area (Å²) >= 11 is 7.75. The molecule has 0 spiro atoms. The van der Waals surface area contributed by atoms with Gasteiger partial charge in [-0.15, -0.1) is 11.3 Å². The molecule has 0 unspecified atom stereocenters. The molecule has 10 heteroatoms. The molecule has 0 radical (unpaired) electrons. The van der Waals surface area contributed by atoms with Gasteiger partial charge in [0.05, 0.1) is 16.4 Å². The third kappa shape index (κ3) is 4.03. The van der Waals surface area contributed by atoms with E-state index < -0.39 is 0 Å². The standard InChI is InChI=1S/C22H22ClN5O3S/c23-17-4-3-15(12-18(17)27-5-1-2-19(27)29)21(31)26-8-6-25(7-9-26)14-16-13-20(30)28-10-11-32-22(28)24-16/h3-4,10-13H,1-2,5-9,14H2. The summed E-state index contributed by atoms with van der Waals surface area (Å²) in [7, 11) is 0. The van der Waals surface area contributed by atoms with E-state index in [1.807, 2.05) is 10.3 Å². The van der Waals surface area contributed by atoms with Gasteiger partial charge in [0.25, 0.3) is 11.5 Å². The summed E-state index contributed by atoms with van der Waals surface area (Å²) in [6, 6.07) is 6.71. The number of aromatic nitrogens is 2. The quantitative estimate of drug-likeness (QED) is 0.584. The van der Waals surface area contributed by atoms with Crippen molar-refractivity contribution < 1.29 is 9.59 Å². The first-order chi connectivity index (χ1) is 15.5. The van der Waals surface area contributed by atoms with Gasteiger partial charge in [-0.2, -0.15) is 0 Å². The highest BCUT2D eigenvalue weighted by atomic mass is 35.5. The maximum Gasteiger partial charge on any atom is 0.258 e. The van der Waals surface area contributed by atoms with Crippen LogP contribution in [0.2, 0.25) is 5.02 Å². The summed E-state index contributed by atoms with van der Waals surface area (Å²) in [5, 5.41) is 2.33. The molecule has 32 heavy (non-hydrogen) atoms. The molecule has 3 aromatic rings. The largest absolute Gasteiger partial charge is 0.336 e. The van der Waals surface area contributed by atoms with Crippen LogP contribution < -0.4 is 10.5 Å². The predicted octanol–water partition coefficient (Wildman–Crippen LogP) is 2.49. The van der Waals surface area contributed by atoms with E-state index in [4.69, 9.17) is 11.6 Å². The highest BCUT2D eigenvalue weighted by molar-refractivity contribution is 7.15. The zero-order valence-corrected chi connectivity index (χ0v) is 18.9. The van der Waals surface area contributed by atoms with Gasteiger partial charge >= 0.3 is 0 Å². The van der Waals surface area contributed by atoms with Gasteiger partial charge in [-0.05, 0) is 24.6 Å². The van der Waals surface area contributed by atoms with Gasteiger partial charge in [-0.1, -0.05) is 11.6 Å². The van der Waals surface area contributed by atoms with Crippen molar-refractivity contribution in [2.45, 2.75) is 19.4 Å². The number of halogens is 1. The number of anilines is 1. The normalized spacial score (nSPS) is 17.5. The Morgan fingerprint density at radius 2 is 1.91 bits per heavy atom. The number of carbonyl (C=O) groups excluding carboxylic acids is 2. The number of nitrogens with zero attached hydrogens (tertiary/aromatic N) is 5. The van der Waals surface area contributed by atoms with Gasteiger partial charge in [-0.25, -0.2) is 4.98 Å². The lowest BCUT2D eigenvalue weighted by molar-refractivity contribution is -0.117. The van der Waals surface area contributed by atoms with E-state index in [2.05, 4.69) is 9.88 Å². The number of hydrogen-bond donors (Lipinski definition) is 0. The van der Waals surface area contributed by atoms with Crippen LogP contribution in [-0.2, 0) is 11.3 Å². The summed E-state index contributed by atoms with van der Waals surface area (Å²) in [6.07, 6.45) is 3.04. The lowest BCUT2D eigenvalue weighted by Gasteiger charge is -2.34. The smallest absolute Gasteiger partial charge is 0.258 e. The predicted molar refractivity (Wildman–Crippen MR) is 124 cm³/mol. The molecule has 2 aliphatic heterocycles. The molecule has 166 valence electrons. The van der Waals surface area contributed by atoms with Crippen molar-refractivity contribution in [1.82, 2.24) is 19.2 Å². The van der Waals surface area contributed by atoms with Gasteiger partial charge in [0.1, 0.15) is 0 Å². The molecule has 1 aromatic carbocycles. The van der Waals surface area contributed by atoms with E-state index in [9.17, 15) is 14.4 Å². The van der Waals surface area contributed by atoms with Crippen LogP contribution in [0.3, 0.4) is 0 Å². The second kappa shape index (κ2) is 8.65. The van der Waals surface area contributed by atoms with Gasteiger partial charge in [0.2, 0.25) is 5.91 Å². The molecule has 0 aliphatic carbocycles. The minimum Gasteiger partial charge on any atom is -0.336 e. The average molecular weight is 472 g/mol. The van der Waals surface area contributed by atoms with Crippen molar-refractivity contribution >= 4 is 45.4 Å². The fourth-order valence-corrected chi connectivity index (χ4v) is 5.20. The molecule has 2 aromatic heterocycles. The number of fused-ring (bicyclic) bond motifs is 1. The fraction of sp³-hybridized carbons (Fsp3) is 0.364. The number of thiazole rings is 1. The van der Waals surface area contributed by atoms with Crippen molar-refractivity contribution in [1.29, 1.82) is 0 Å². The minimum atomic E-state index is -0.0740. The number of amides is 2. The van der Waals surface area contributed by atoms with Crippen molar-refractivity contribution in [2.24, 2.45) is 0 Å². The maximum atomic E-state index is 13.1. The number of benzene rings is 1. The first-order valence-corrected chi connectivity index (χ1v) is 11.8. The number of piperazine rings is 1. The Kier molecular flexibility index (Phi) is 5.71. The van der Waals surface area contributed by atoms with Gasteiger partial charge < -0.3 is 9.80 Å².